The quantitative estimate of drug-likeness (QED) is 0.489. The van der Waals surface area contributed by atoms with Crippen molar-refractivity contribution in [2.45, 2.75) is 30.7 Å². The largest absolute Gasteiger partial charge is 0.465 e. The van der Waals surface area contributed by atoms with E-state index in [2.05, 4.69) is 4.90 Å². The summed E-state index contributed by atoms with van der Waals surface area (Å²) < 4.78 is 80.1. The number of carboxylic acid groups (broad SMARTS) is 1. The number of rotatable bonds is 3. The Hall–Kier alpha value is -2.99. The van der Waals surface area contributed by atoms with Gasteiger partial charge in [0.15, 0.2) is 0 Å². The SMILES string of the molecule is O=C(O)N1CCN([C@H]2CCN(C(=O)c3cc(C(F)(F)F)cc(C(F)(F)F)c3)C[C@H]2c2ccc(Cl)cc2)CC1. The van der Waals surface area contributed by atoms with Crippen molar-refractivity contribution in [1.29, 1.82) is 0 Å². The molecule has 206 valence electrons. The zero-order valence-electron chi connectivity index (χ0n) is 19.9. The average Bonchev–Trinajstić information content (AvgIpc) is 2.87. The minimum Gasteiger partial charge on any atom is -0.465 e. The van der Waals surface area contributed by atoms with Gasteiger partial charge in [-0.25, -0.2) is 4.79 Å². The van der Waals surface area contributed by atoms with Crippen molar-refractivity contribution in [3.8, 4) is 0 Å². The van der Waals surface area contributed by atoms with E-state index in [0.717, 1.165) is 5.56 Å². The lowest BCUT2D eigenvalue weighted by molar-refractivity contribution is -0.143. The maximum atomic E-state index is 13.3. The molecule has 2 heterocycles. The van der Waals surface area contributed by atoms with Gasteiger partial charge in [0.25, 0.3) is 5.91 Å². The summed E-state index contributed by atoms with van der Waals surface area (Å²) in [6.07, 6.45) is -10.7. The summed E-state index contributed by atoms with van der Waals surface area (Å²) >= 11 is 6.02. The fourth-order valence-electron chi connectivity index (χ4n) is 5.10. The number of benzene rings is 2. The number of piperazine rings is 1. The lowest BCUT2D eigenvalue weighted by atomic mass is 9.84. The van der Waals surface area contributed by atoms with Crippen molar-refractivity contribution in [1.82, 2.24) is 14.7 Å². The van der Waals surface area contributed by atoms with Gasteiger partial charge in [-0.1, -0.05) is 23.7 Å². The van der Waals surface area contributed by atoms with E-state index in [-0.39, 0.29) is 31.1 Å². The molecule has 2 aromatic rings. The van der Waals surface area contributed by atoms with Crippen LogP contribution >= 0.6 is 11.6 Å². The summed E-state index contributed by atoms with van der Waals surface area (Å²) in [5, 5.41) is 9.72. The number of carbonyl (C=O) groups excluding carboxylic acids is 1. The predicted molar refractivity (Wildman–Crippen MR) is 126 cm³/mol. The number of alkyl halides is 6. The fraction of sp³-hybridized carbons (Fsp3) is 0.440. The standard InChI is InChI=1S/C25H24ClF6N3O3/c26-19-3-1-15(2-4-19)20-14-35(6-5-21(20)33-7-9-34(10-8-33)23(37)38)22(36)16-11-17(24(27,28)29)13-18(12-16)25(30,31)32/h1-4,11-13,20-21H,5-10,14H2,(H,37,38)/t20-,21-/m0/s1. The highest BCUT2D eigenvalue weighted by atomic mass is 35.5. The van der Waals surface area contributed by atoms with Gasteiger partial charge in [0.1, 0.15) is 0 Å². The van der Waals surface area contributed by atoms with Crippen LogP contribution in [0, 0.1) is 0 Å². The fourth-order valence-corrected chi connectivity index (χ4v) is 5.23. The van der Waals surface area contributed by atoms with E-state index in [0.29, 0.717) is 49.8 Å². The van der Waals surface area contributed by atoms with Crippen LogP contribution in [0.1, 0.15) is 39.4 Å². The molecule has 0 saturated carbocycles. The van der Waals surface area contributed by atoms with E-state index >= 15 is 0 Å². The van der Waals surface area contributed by atoms with Gasteiger partial charge >= 0.3 is 18.4 Å². The summed E-state index contributed by atoms with van der Waals surface area (Å²) in [7, 11) is 0. The highest BCUT2D eigenvalue weighted by Crippen LogP contribution is 2.38. The molecule has 6 nitrogen and oxygen atoms in total. The van der Waals surface area contributed by atoms with Crippen LogP contribution in [0.5, 0.6) is 0 Å². The predicted octanol–water partition coefficient (Wildman–Crippen LogP) is 5.67. The Morgan fingerprint density at radius 1 is 0.816 bits per heavy atom. The molecular formula is C25H24ClF6N3O3. The van der Waals surface area contributed by atoms with E-state index in [1.165, 1.54) is 9.80 Å². The Morgan fingerprint density at radius 3 is 1.87 bits per heavy atom. The number of likely N-dealkylation sites (tertiary alicyclic amines) is 1. The molecule has 1 N–H and O–H groups in total. The number of halogens is 7. The minimum absolute atomic E-state index is 0.00367. The lowest BCUT2D eigenvalue weighted by Gasteiger charge is -2.46. The maximum Gasteiger partial charge on any atom is 0.416 e. The molecule has 38 heavy (non-hydrogen) atoms. The van der Waals surface area contributed by atoms with Crippen LogP contribution in [0.4, 0.5) is 31.1 Å². The zero-order valence-corrected chi connectivity index (χ0v) is 20.7. The number of carbonyl (C=O) groups is 2. The molecule has 0 aliphatic carbocycles. The van der Waals surface area contributed by atoms with Gasteiger partial charge in [-0.05, 0) is 42.3 Å². The highest BCUT2D eigenvalue weighted by Gasteiger charge is 2.40. The molecule has 2 atom stereocenters. The molecule has 0 aromatic heterocycles. The topological polar surface area (TPSA) is 64.1 Å². The molecular weight excluding hydrogens is 540 g/mol. The second kappa shape index (κ2) is 10.6. The first-order chi connectivity index (χ1) is 17.7. The highest BCUT2D eigenvalue weighted by molar-refractivity contribution is 6.30. The van der Waals surface area contributed by atoms with E-state index in [9.17, 15) is 41.0 Å². The number of hydrogen-bond donors (Lipinski definition) is 1. The van der Waals surface area contributed by atoms with Crippen LogP contribution in [0.25, 0.3) is 0 Å². The smallest absolute Gasteiger partial charge is 0.416 e. The van der Waals surface area contributed by atoms with Gasteiger partial charge in [-0.2, -0.15) is 26.3 Å². The monoisotopic (exact) mass is 563 g/mol. The van der Waals surface area contributed by atoms with Gasteiger partial charge in [-0.15, -0.1) is 0 Å². The maximum absolute atomic E-state index is 13.3. The number of hydrogen-bond acceptors (Lipinski definition) is 3. The van der Waals surface area contributed by atoms with Crippen molar-refractivity contribution in [2.75, 3.05) is 39.3 Å². The molecule has 2 saturated heterocycles. The number of nitrogens with zero attached hydrogens (tertiary/aromatic N) is 3. The van der Waals surface area contributed by atoms with Crippen molar-refractivity contribution in [3.63, 3.8) is 0 Å². The van der Waals surface area contributed by atoms with E-state index in [1.807, 2.05) is 0 Å². The molecule has 2 fully saturated rings. The Bertz CT molecular complexity index is 1150. The third-order valence-corrected chi connectivity index (χ3v) is 7.30. The third-order valence-electron chi connectivity index (χ3n) is 7.05. The first kappa shape index (κ1) is 28.0. The van der Waals surface area contributed by atoms with Gasteiger partial charge in [-0.3, -0.25) is 9.69 Å². The Kier molecular flexibility index (Phi) is 7.85. The summed E-state index contributed by atoms with van der Waals surface area (Å²) in [4.78, 5) is 29.3. The van der Waals surface area contributed by atoms with Gasteiger partial charge in [0, 0.05) is 61.8 Å². The average molecular weight is 564 g/mol. The molecule has 2 amide bonds. The Balaban J connectivity index is 1.62. The van der Waals surface area contributed by atoms with Crippen molar-refractivity contribution >= 4 is 23.6 Å². The number of amides is 2. The molecule has 2 aliphatic heterocycles. The van der Waals surface area contributed by atoms with Crippen LogP contribution in [0.3, 0.4) is 0 Å². The molecule has 4 rings (SSSR count). The van der Waals surface area contributed by atoms with Crippen LogP contribution in [0.2, 0.25) is 5.02 Å². The van der Waals surface area contributed by atoms with Crippen LogP contribution in [0.15, 0.2) is 42.5 Å². The summed E-state index contributed by atoms with van der Waals surface area (Å²) in [5.41, 5.74) is -2.97. The lowest BCUT2D eigenvalue weighted by Crippen LogP contribution is -2.57. The first-order valence-electron chi connectivity index (χ1n) is 11.8. The van der Waals surface area contributed by atoms with Gasteiger partial charge in [0.05, 0.1) is 11.1 Å². The van der Waals surface area contributed by atoms with E-state index < -0.39 is 41.0 Å². The second-order valence-electron chi connectivity index (χ2n) is 9.37. The summed E-state index contributed by atoms with van der Waals surface area (Å²) in [5.74, 6) is -1.25. The molecule has 0 spiro atoms. The van der Waals surface area contributed by atoms with Crippen LogP contribution < -0.4 is 0 Å². The molecule has 13 heteroatoms. The third kappa shape index (κ3) is 6.17. The van der Waals surface area contributed by atoms with Crippen LogP contribution in [-0.2, 0) is 12.4 Å². The van der Waals surface area contributed by atoms with E-state index in [4.69, 9.17) is 11.6 Å². The molecule has 0 bridgehead atoms. The molecule has 0 radical (unpaired) electrons. The van der Waals surface area contributed by atoms with Crippen LogP contribution in [-0.4, -0.2) is 77.1 Å². The Morgan fingerprint density at radius 2 is 1.37 bits per heavy atom. The number of piperidine rings is 1. The summed E-state index contributed by atoms with van der Waals surface area (Å²) in [6, 6.07) is 7.65. The normalized spacial score (nSPS) is 21.4. The first-order valence-corrected chi connectivity index (χ1v) is 12.2. The molecule has 2 aromatic carbocycles. The minimum atomic E-state index is -5.06. The summed E-state index contributed by atoms with van der Waals surface area (Å²) in [6.45, 7) is 1.68. The van der Waals surface area contributed by atoms with Gasteiger partial charge in [0.2, 0.25) is 0 Å². The van der Waals surface area contributed by atoms with Crippen molar-refractivity contribution in [2.24, 2.45) is 0 Å². The van der Waals surface area contributed by atoms with E-state index in [1.54, 1.807) is 24.3 Å². The molecule has 2 aliphatic rings. The Labute approximate surface area is 219 Å². The second-order valence-corrected chi connectivity index (χ2v) is 9.80. The zero-order chi connectivity index (χ0) is 27.8. The van der Waals surface area contributed by atoms with Crippen molar-refractivity contribution < 1.29 is 41.0 Å². The van der Waals surface area contributed by atoms with Crippen molar-refractivity contribution in [3.05, 3.63) is 69.7 Å². The molecule has 0 unspecified atom stereocenters. The van der Waals surface area contributed by atoms with Gasteiger partial charge < -0.3 is 14.9 Å².